The van der Waals surface area contributed by atoms with Gasteiger partial charge in [0.15, 0.2) is 0 Å². The average Bonchev–Trinajstić information content (AvgIpc) is 3.02. The average molecular weight is 433 g/mol. The quantitative estimate of drug-likeness (QED) is 0.285. The summed E-state index contributed by atoms with van der Waals surface area (Å²) in [6.07, 6.45) is 2.42. The van der Waals surface area contributed by atoms with Crippen LogP contribution in [0.4, 0.5) is 11.8 Å². The van der Waals surface area contributed by atoms with Crippen LogP contribution in [-0.4, -0.2) is 57.0 Å². The number of hydrogen-bond acceptors (Lipinski definition) is 12. The lowest BCUT2D eigenvalue weighted by atomic mass is 10.2. The number of anilines is 2. The number of carboxylic acid groups (broad SMARTS) is 2. The lowest BCUT2D eigenvalue weighted by Crippen LogP contribution is -2.24. The molecule has 0 aromatic carbocycles. The first-order valence-corrected chi connectivity index (χ1v) is 8.89. The Morgan fingerprint density at radius 3 is 2.41 bits per heavy atom. The normalized spacial score (nSPS) is 16.9. The topological polar surface area (TPSA) is 203 Å². The van der Waals surface area contributed by atoms with Gasteiger partial charge in [0.25, 0.3) is 11.9 Å². The summed E-state index contributed by atoms with van der Waals surface area (Å²) in [6, 6.07) is 0. The van der Waals surface area contributed by atoms with Gasteiger partial charge in [-0.15, -0.1) is 4.91 Å². The standard InChI is InChI=1S/C11H15N5O4S.2C2H4O2/c1-6(17)19-5-7-2-3-9(20-7)14-10-8(21-16-18)4-13-11(12)15-10;2*1-2(3)4/h4,7,9H,2-3,5H2,1H3,(H3,12,13,14,15);2*1H3,(H,3,4). The van der Waals surface area contributed by atoms with Gasteiger partial charge in [0.1, 0.15) is 18.7 Å². The maximum Gasteiger partial charge on any atom is 0.302 e. The zero-order chi connectivity index (χ0) is 22.4. The Kier molecular flexibility index (Phi) is 12.6. The molecule has 1 aliphatic rings. The van der Waals surface area contributed by atoms with E-state index < -0.39 is 11.9 Å². The van der Waals surface area contributed by atoms with Gasteiger partial charge < -0.3 is 30.7 Å². The molecular formula is C15H23N5O8S. The molecule has 2 atom stereocenters. The van der Waals surface area contributed by atoms with Crippen LogP contribution in [0.15, 0.2) is 15.7 Å². The molecule has 1 aromatic rings. The van der Waals surface area contributed by atoms with Crippen LogP contribution in [0.3, 0.4) is 0 Å². The van der Waals surface area contributed by atoms with Crippen LogP contribution >= 0.6 is 11.9 Å². The van der Waals surface area contributed by atoms with Crippen molar-refractivity contribution in [1.29, 1.82) is 0 Å². The fourth-order valence-corrected chi connectivity index (χ4v) is 2.26. The predicted molar refractivity (Wildman–Crippen MR) is 103 cm³/mol. The predicted octanol–water partition coefficient (Wildman–Crippen LogP) is 1.49. The number of carbonyl (C=O) groups is 3. The van der Waals surface area contributed by atoms with E-state index in [1.165, 1.54) is 13.1 Å². The highest BCUT2D eigenvalue weighted by molar-refractivity contribution is 7.98. The van der Waals surface area contributed by atoms with Crippen molar-refractivity contribution in [2.24, 2.45) is 4.58 Å². The van der Waals surface area contributed by atoms with Crippen molar-refractivity contribution in [2.45, 2.75) is 50.8 Å². The molecule has 13 nitrogen and oxygen atoms in total. The van der Waals surface area contributed by atoms with E-state index in [2.05, 4.69) is 19.9 Å². The fourth-order valence-electron chi connectivity index (χ4n) is 1.89. The van der Waals surface area contributed by atoms with E-state index in [9.17, 15) is 9.70 Å². The minimum atomic E-state index is -0.833. The number of ether oxygens (including phenoxy) is 2. The number of nitrogens with one attached hydrogen (secondary N) is 1. The summed E-state index contributed by atoms with van der Waals surface area (Å²) in [7, 11) is 0. The highest BCUT2D eigenvalue weighted by atomic mass is 32.2. The molecular weight excluding hydrogens is 410 g/mol. The third-order valence-corrected chi connectivity index (χ3v) is 3.36. The van der Waals surface area contributed by atoms with E-state index in [-0.39, 0.29) is 30.9 Å². The summed E-state index contributed by atoms with van der Waals surface area (Å²) < 4.78 is 13.3. The smallest absolute Gasteiger partial charge is 0.302 e. The zero-order valence-corrected chi connectivity index (χ0v) is 16.8. The van der Waals surface area contributed by atoms with E-state index in [4.69, 9.17) is 35.0 Å². The summed E-state index contributed by atoms with van der Waals surface area (Å²) in [6.45, 7) is 3.74. The second-order valence-electron chi connectivity index (χ2n) is 5.42. The first kappa shape index (κ1) is 26.0. The van der Waals surface area contributed by atoms with Crippen LogP contribution in [0, 0.1) is 4.91 Å². The molecule has 1 saturated heterocycles. The molecule has 0 saturated carbocycles. The molecule has 1 aliphatic heterocycles. The number of hydrogen-bond donors (Lipinski definition) is 4. The Bertz CT molecular complexity index is 685. The van der Waals surface area contributed by atoms with Gasteiger partial charge in [-0.05, 0) is 12.8 Å². The molecule has 0 bridgehead atoms. The SMILES string of the molecule is CC(=O)O.CC(=O)O.CC(=O)OCC1CCC(Nc2nc(N)ncc2SN=O)O1. The third-order valence-electron chi connectivity index (χ3n) is 2.79. The van der Waals surface area contributed by atoms with Crippen molar-refractivity contribution in [1.82, 2.24) is 9.97 Å². The number of aromatic nitrogens is 2. The van der Waals surface area contributed by atoms with Gasteiger partial charge in [0.05, 0.1) is 29.1 Å². The van der Waals surface area contributed by atoms with Gasteiger partial charge in [0.2, 0.25) is 5.95 Å². The number of aliphatic carboxylic acids is 2. The molecule has 2 heterocycles. The van der Waals surface area contributed by atoms with Crippen LogP contribution in [-0.2, 0) is 23.9 Å². The lowest BCUT2D eigenvalue weighted by molar-refractivity contribution is -0.144. The highest BCUT2D eigenvalue weighted by Gasteiger charge is 2.27. The van der Waals surface area contributed by atoms with Crippen molar-refractivity contribution >= 4 is 41.6 Å². The number of nitroso groups, excluding NO2 is 1. The molecule has 14 heteroatoms. The lowest BCUT2D eigenvalue weighted by Gasteiger charge is -2.16. The van der Waals surface area contributed by atoms with Crippen molar-refractivity contribution in [3.63, 3.8) is 0 Å². The fraction of sp³-hybridized carbons (Fsp3) is 0.533. The van der Waals surface area contributed by atoms with E-state index >= 15 is 0 Å². The molecule has 0 amide bonds. The molecule has 0 aliphatic carbocycles. The second kappa shape index (κ2) is 14.1. The molecule has 1 fully saturated rings. The van der Waals surface area contributed by atoms with Gasteiger partial charge in [-0.2, -0.15) is 4.98 Å². The second-order valence-corrected chi connectivity index (χ2v) is 6.19. The van der Waals surface area contributed by atoms with E-state index in [0.717, 1.165) is 20.3 Å². The summed E-state index contributed by atoms with van der Waals surface area (Å²) in [5.74, 6) is -1.53. The maximum atomic E-state index is 10.8. The summed E-state index contributed by atoms with van der Waals surface area (Å²) in [4.78, 5) is 47.4. The Hall–Kier alpha value is -3.00. The molecule has 0 spiro atoms. The van der Waals surface area contributed by atoms with Crippen molar-refractivity contribution in [3.8, 4) is 0 Å². The van der Waals surface area contributed by atoms with Crippen LogP contribution < -0.4 is 11.1 Å². The number of nitrogen functional groups attached to an aromatic ring is 1. The highest BCUT2D eigenvalue weighted by Crippen LogP contribution is 2.29. The van der Waals surface area contributed by atoms with Crippen molar-refractivity contribution < 1.29 is 34.1 Å². The van der Waals surface area contributed by atoms with Crippen LogP contribution in [0.5, 0.6) is 0 Å². The number of nitrogens with two attached hydrogens (primary N) is 1. The summed E-state index contributed by atoms with van der Waals surface area (Å²) in [5, 5.41) is 17.9. The van der Waals surface area contributed by atoms with Crippen molar-refractivity contribution in [3.05, 3.63) is 11.1 Å². The largest absolute Gasteiger partial charge is 0.481 e. The molecule has 162 valence electrons. The molecule has 2 rings (SSSR count). The Morgan fingerprint density at radius 1 is 1.31 bits per heavy atom. The van der Waals surface area contributed by atoms with Gasteiger partial charge in [-0.3, -0.25) is 14.4 Å². The number of esters is 1. The number of nitrogens with zero attached hydrogens (tertiary/aromatic N) is 3. The van der Waals surface area contributed by atoms with Crippen LogP contribution in [0.1, 0.15) is 33.6 Å². The molecule has 1 aromatic heterocycles. The first-order valence-electron chi connectivity index (χ1n) is 8.11. The Morgan fingerprint density at radius 2 is 1.90 bits per heavy atom. The number of rotatable bonds is 6. The zero-order valence-electron chi connectivity index (χ0n) is 16.0. The summed E-state index contributed by atoms with van der Waals surface area (Å²) >= 11 is 0.710. The van der Waals surface area contributed by atoms with Gasteiger partial charge >= 0.3 is 5.97 Å². The van der Waals surface area contributed by atoms with Gasteiger partial charge in [0, 0.05) is 25.4 Å². The van der Waals surface area contributed by atoms with E-state index in [0.29, 0.717) is 29.1 Å². The minimum absolute atomic E-state index is 0.0854. The number of carbonyl (C=O) groups excluding carboxylic acids is 1. The Labute approximate surface area is 170 Å². The molecule has 0 radical (unpaired) electrons. The Balaban J connectivity index is 0.000000837. The number of carboxylic acids is 2. The first-order chi connectivity index (χ1) is 13.5. The van der Waals surface area contributed by atoms with Crippen LogP contribution in [0.2, 0.25) is 0 Å². The maximum absolute atomic E-state index is 10.8. The van der Waals surface area contributed by atoms with Crippen molar-refractivity contribution in [2.75, 3.05) is 17.7 Å². The van der Waals surface area contributed by atoms with Gasteiger partial charge in [-0.1, -0.05) is 0 Å². The van der Waals surface area contributed by atoms with E-state index in [1.54, 1.807) is 0 Å². The summed E-state index contributed by atoms with van der Waals surface area (Å²) in [5.41, 5.74) is 5.53. The minimum Gasteiger partial charge on any atom is -0.481 e. The third kappa shape index (κ3) is 13.8. The van der Waals surface area contributed by atoms with Crippen LogP contribution in [0.25, 0.3) is 0 Å². The molecule has 5 N–H and O–H groups in total. The molecule has 29 heavy (non-hydrogen) atoms. The molecule has 2 unspecified atom stereocenters. The van der Waals surface area contributed by atoms with E-state index in [1.807, 2.05) is 0 Å². The monoisotopic (exact) mass is 433 g/mol. The van der Waals surface area contributed by atoms with Gasteiger partial charge in [-0.25, -0.2) is 4.98 Å².